The number of hydrogen-bond acceptors (Lipinski definition) is 5. The van der Waals surface area contributed by atoms with Gasteiger partial charge in [-0.3, -0.25) is 0 Å². The van der Waals surface area contributed by atoms with Crippen LogP contribution >= 0.6 is 0 Å². The van der Waals surface area contributed by atoms with Gasteiger partial charge in [0.05, 0.1) is 26.4 Å². The van der Waals surface area contributed by atoms with Crippen LogP contribution in [-0.4, -0.2) is 45.1 Å². The van der Waals surface area contributed by atoms with Crippen molar-refractivity contribution >= 4 is 5.69 Å². The van der Waals surface area contributed by atoms with Crippen LogP contribution in [0.1, 0.15) is 19.8 Å². The van der Waals surface area contributed by atoms with Crippen molar-refractivity contribution in [3.05, 3.63) is 18.2 Å². The number of fused-ring (bicyclic) bond motifs is 1. The van der Waals surface area contributed by atoms with E-state index >= 15 is 0 Å². The summed E-state index contributed by atoms with van der Waals surface area (Å²) in [5.41, 5.74) is 1.07. The molecule has 0 saturated carbocycles. The molecule has 21 heavy (non-hydrogen) atoms. The smallest absolute Gasteiger partial charge is 0.163 e. The monoisotopic (exact) mass is 292 g/mol. The second kappa shape index (κ2) is 7.00. The van der Waals surface area contributed by atoms with Gasteiger partial charge < -0.3 is 24.8 Å². The number of nitrogens with one attached hydrogen (secondary N) is 2. The van der Waals surface area contributed by atoms with Crippen LogP contribution in [0, 0.1) is 0 Å². The molecule has 0 bridgehead atoms. The first kappa shape index (κ1) is 14.5. The highest BCUT2D eigenvalue weighted by Crippen LogP contribution is 2.32. The van der Waals surface area contributed by atoms with E-state index in [4.69, 9.17) is 14.2 Å². The van der Waals surface area contributed by atoms with Gasteiger partial charge in [-0.2, -0.15) is 0 Å². The van der Waals surface area contributed by atoms with Gasteiger partial charge in [0, 0.05) is 36.8 Å². The topological polar surface area (TPSA) is 51.8 Å². The van der Waals surface area contributed by atoms with Gasteiger partial charge in [-0.05, 0) is 25.5 Å². The van der Waals surface area contributed by atoms with Crippen molar-refractivity contribution in [1.29, 1.82) is 0 Å². The molecule has 2 heterocycles. The lowest BCUT2D eigenvalue weighted by atomic mass is 10.1. The Hall–Kier alpha value is -1.46. The molecule has 2 atom stereocenters. The van der Waals surface area contributed by atoms with Crippen LogP contribution < -0.4 is 20.1 Å². The van der Waals surface area contributed by atoms with E-state index in [-0.39, 0.29) is 0 Å². The van der Waals surface area contributed by atoms with Gasteiger partial charge >= 0.3 is 0 Å². The molecule has 0 amide bonds. The van der Waals surface area contributed by atoms with Gasteiger partial charge in [-0.15, -0.1) is 0 Å². The first-order chi connectivity index (χ1) is 10.3. The Morgan fingerprint density at radius 3 is 2.90 bits per heavy atom. The first-order valence-electron chi connectivity index (χ1n) is 7.78. The van der Waals surface area contributed by atoms with Gasteiger partial charge in [0.1, 0.15) is 0 Å². The lowest BCUT2D eigenvalue weighted by molar-refractivity contribution is 0.0731. The van der Waals surface area contributed by atoms with Crippen molar-refractivity contribution in [2.75, 3.05) is 38.3 Å². The number of anilines is 1. The van der Waals surface area contributed by atoms with Crippen molar-refractivity contribution < 1.29 is 14.2 Å². The van der Waals surface area contributed by atoms with Gasteiger partial charge in [0.25, 0.3) is 0 Å². The summed E-state index contributed by atoms with van der Waals surface area (Å²) in [6, 6.07) is 6.87. The van der Waals surface area contributed by atoms with Crippen LogP contribution in [0.15, 0.2) is 18.2 Å². The summed E-state index contributed by atoms with van der Waals surface area (Å²) in [5.74, 6) is 1.68. The Morgan fingerprint density at radius 2 is 2.10 bits per heavy atom. The Kier molecular flexibility index (Phi) is 4.83. The molecule has 0 aromatic heterocycles. The van der Waals surface area contributed by atoms with E-state index in [1.807, 2.05) is 12.1 Å². The lowest BCUT2D eigenvalue weighted by Crippen LogP contribution is -2.43. The molecular formula is C16H24N2O3. The lowest BCUT2D eigenvalue weighted by Gasteiger charge is -2.27. The Morgan fingerprint density at radius 1 is 1.24 bits per heavy atom. The van der Waals surface area contributed by atoms with Crippen molar-refractivity contribution in [3.8, 4) is 11.5 Å². The number of morpholine rings is 1. The van der Waals surface area contributed by atoms with E-state index in [1.165, 1.54) is 0 Å². The number of ether oxygens (including phenoxy) is 3. The van der Waals surface area contributed by atoms with Gasteiger partial charge in [-0.1, -0.05) is 0 Å². The predicted octanol–water partition coefficient (Wildman–Crippen LogP) is 2.03. The molecule has 1 fully saturated rings. The summed E-state index contributed by atoms with van der Waals surface area (Å²) in [7, 11) is 0. The Labute approximate surface area is 126 Å². The molecule has 116 valence electrons. The molecule has 1 aromatic rings. The highest BCUT2D eigenvalue weighted by atomic mass is 16.5. The summed E-state index contributed by atoms with van der Waals surface area (Å²) in [6.45, 7) is 6.20. The van der Waals surface area contributed by atoms with Gasteiger partial charge in [0.2, 0.25) is 0 Å². The second-order valence-corrected chi connectivity index (χ2v) is 5.72. The Bertz CT molecular complexity index is 461. The van der Waals surface area contributed by atoms with Crippen LogP contribution in [0.4, 0.5) is 5.69 Å². The molecule has 5 heteroatoms. The summed E-state index contributed by atoms with van der Waals surface area (Å²) in [4.78, 5) is 0. The zero-order valence-electron chi connectivity index (χ0n) is 12.6. The molecule has 1 aromatic carbocycles. The molecule has 3 rings (SSSR count). The predicted molar refractivity (Wildman–Crippen MR) is 82.4 cm³/mol. The zero-order valence-corrected chi connectivity index (χ0v) is 12.6. The molecule has 0 aliphatic carbocycles. The molecule has 0 spiro atoms. The van der Waals surface area contributed by atoms with Crippen molar-refractivity contribution in [1.82, 2.24) is 5.32 Å². The fraction of sp³-hybridized carbons (Fsp3) is 0.625. The van der Waals surface area contributed by atoms with Gasteiger partial charge in [-0.25, -0.2) is 0 Å². The molecule has 5 nitrogen and oxygen atoms in total. The maximum Gasteiger partial charge on any atom is 0.163 e. The first-order valence-corrected chi connectivity index (χ1v) is 7.78. The maximum atomic E-state index is 5.72. The molecule has 2 unspecified atom stereocenters. The third-order valence-electron chi connectivity index (χ3n) is 3.80. The molecule has 2 aliphatic heterocycles. The fourth-order valence-corrected chi connectivity index (χ4v) is 2.79. The van der Waals surface area contributed by atoms with Crippen molar-refractivity contribution in [3.63, 3.8) is 0 Å². The zero-order chi connectivity index (χ0) is 14.5. The number of benzene rings is 1. The summed E-state index contributed by atoms with van der Waals surface area (Å²) in [5, 5.41) is 7.01. The minimum absolute atomic E-state index is 0.369. The van der Waals surface area contributed by atoms with Crippen LogP contribution in [0.3, 0.4) is 0 Å². The average Bonchev–Trinajstić information content (AvgIpc) is 2.73. The third-order valence-corrected chi connectivity index (χ3v) is 3.80. The number of hydrogen-bond donors (Lipinski definition) is 2. The molecular weight excluding hydrogens is 268 g/mol. The van der Waals surface area contributed by atoms with E-state index < -0.39 is 0 Å². The van der Waals surface area contributed by atoms with E-state index in [0.29, 0.717) is 12.1 Å². The fourth-order valence-electron chi connectivity index (χ4n) is 2.79. The van der Waals surface area contributed by atoms with Crippen LogP contribution in [0.5, 0.6) is 11.5 Å². The third kappa shape index (κ3) is 4.02. The van der Waals surface area contributed by atoms with E-state index in [2.05, 4.69) is 23.6 Å². The summed E-state index contributed by atoms with van der Waals surface area (Å²) in [6.07, 6.45) is 1.97. The molecule has 1 saturated heterocycles. The standard InChI is InChI=1S/C16H24N2O3/c1-12(9-14-11-19-8-5-17-14)18-13-3-4-15-16(10-13)21-7-2-6-20-15/h3-4,10,12,14,17-18H,2,5-9,11H2,1H3. The SMILES string of the molecule is CC(CC1COCCN1)Nc1ccc2c(c1)OCCCO2. The van der Waals surface area contributed by atoms with Crippen LogP contribution in [0.2, 0.25) is 0 Å². The summed E-state index contributed by atoms with van der Waals surface area (Å²) < 4.78 is 16.9. The minimum atomic E-state index is 0.369. The van der Waals surface area contributed by atoms with Crippen molar-refractivity contribution in [2.45, 2.75) is 31.8 Å². The second-order valence-electron chi connectivity index (χ2n) is 5.72. The van der Waals surface area contributed by atoms with E-state index in [9.17, 15) is 0 Å². The van der Waals surface area contributed by atoms with Crippen LogP contribution in [0.25, 0.3) is 0 Å². The highest BCUT2D eigenvalue weighted by Gasteiger charge is 2.17. The van der Waals surface area contributed by atoms with Crippen molar-refractivity contribution in [2.24, 2.45) is 0 Å². The molecule has 2 N–H and O–H groups in total. The highest BCUT2D eigenvalue weighted by molar-refractivity contribution is 5.55. The maximum absolute atomic E-state index is 5.72. The normalized spacial score (nSPS) is 23.2. The summed E-state index contributed by atoms with van der Waals surface area (Å²) >= 11 is 0. The van der Waals surface area contributed by atoms with Gasteiger partial charge in [0.15, 0.2) is 11.5 Å². The van der Waals surface area contributed by atoms with E-state index in [1.54, 1.807) is 0 Å². The minimum Gasteiger partial charge on any atom is -0.490 e. The van der Waals surface area contributed by atoms with E-state index in [0.717, 1.165) is 63.0 Å². The molecule has 2 aliphatic rings. The quantitative estimate of drug-likeness (QED) is 0.889. The Balaban J connectivity index is 1.57. The van der Waals surface area contributed by atoms with Crippen LogP contribution in [-0.2, 0) is 4.74 Å². The average molecular weight is 292 g/mol. The largest absolute Gasteiger partial charge is 0.490 e. The molecule has 0 radical (unpaired) electrons. The number of rotatable bonds is 4.